The van der Waals surface area contributed by atoms with Crippen molar-refractivity contribution in [2.75, 3.05) is 6.61 Å². The van der Waals surface area contributed by atoms with Gasteiger partial charge in [-0.1, -0.05) is 30.3 Å². The van der Waals surface area contributed by atoms with Crippen molar-refractivity contribution in [2.24, 2.45) is 0 Å². The Kier molecular flexibility index (Phi) is 3.19. The fourth-order valence-corrected chi connectivity index (χ4v) is 2.85. The van der Waals surface area contributed by atoms with E-state index >= 15 is 0 Å². The molecule has 0 saturated heterocycles. The summed E-state index contributed by atoms with van der Waals surface area (Å²) in [6.07, 6.45) is 0. The van der Waals surface area contributed by atoms with Gasteiger partial charge >= 0.3 is 0 Å². The minimum Gasteiger partial charge on any atom is -0.493 e. The number of benzene rings is 2. The van der Waals surface area contributed by atoms with Gasteiger partial charge in [0.25, 0.3) is 0 Å². The first-order chi connectivity index (χ1) is 9.16. The summed E-state index contributed by atoms with van der Waals surface area (Å²) in [4.78, 5) is 0. The van der Waals surface area contributed by atoms with Crippen LogP contribution in [0.4, 0.5) is 4.39 Å². The first kappa shape index (κ1) is 12.5. The van der Waals surface area contributed by atoms with Gasteiger partial charge in [-0.2, -0.15) is 0 Å². The van der Waals surface area contributed by atoms with Crippen molar-refractivity contribution < 1.29 is 9.13 Å². The van der Waals surface area contributed by atoms with Gasteiger partial charge in [0.2, 0.25) is 0 Å². The maximum absolute atomic E-state index is 13.3. The van der Waals surface area contributed by atoms with Crippen molar-refractivity contribution in [3.05, 3.63) is 65.0 Å². The molecule has 1 aliphatic heterocycles. The molecule has 1 aliphatic rings. The normalized spacial score (nSPS) is 18.8. The van der Waals surface area contributed by atoms with Gasteiger partial charge in [0.1, 0.15) is 11.6 Å². The predicted octanol–water partition coefficient (Wildman–Crippen LogP) is 4.59. The van der Waals surface area contributed by atoms with Gasteiger partial charge in [0.05, 0.1) is 12.0 Å². The van der Waals surface area contributed by atoms with E-state index in [1.54, 1.807) is 13.0 Å². The maximum atomic E-state index is 13.3. The highest BCUT2D eigenvalue weighted by molar-refractivity contribution is 6.21. The second-order valence-electron chi connectivity index (χ2n) is 4.87. The summed E-state index contributed by atoms with van der Waals surface area (Å²) in [6.45, 7) is 2.32. The lowest BCUT2D eigenvalue weighted by Gasteiger charge is -2.17. The molecule has 98 valence electrons. The van der Waals surface area contributed by atoms with Crippen LogP contribution in [-0.2, 0) is 0 Å². The van der Waals surface area contributed by atoms with Crippen LogP contribution in [0.3, 0.4) is 0 Å². The third kappa shape index (κ3) is 2.21. The van der Waals surface area contributed by atoms with Crippen LogP contribution in [0.25, 0.3) is 0 Å². The van der Waals surface area contributed by atoms with E-state index in [0.717, 1.165) is 16.9 Å². The van der Waals surface area contributed by atoms with Gasteiger partial charge in [-0.15, -0.1) is 11.6 Å². The number of alkyl halides is 1. The highest BCUT2D eigenvalue weighted by atomic mass is 35.5. The highest BCUT2D eigenvalue weighted by Crippen LogP contribution is 2.44. The largest absolute Gasteiger partial charge is 0.493 e. The van der Waals surface area contributed by atoms with Gasteiger partial charge in [-0.05, 0) is 30.2 Å². The monoisotopic (exact) mass is 276 g/mol. The second kappa shape index (κ2) is 4.86. The third-order valence-corrected chi connectivity index (χ3v) is 4.15. The van der Waals surface area contributed by atoms with Crippen LogP contribution in [-0.4, -0.2) is 6.61 Å². The molecule has 0 aromatic heterocycles. The summed E-state index contributed by atoms with van der Waals surface area (Å²) < 4.78 is 19.0. The van der Waals surface area contributed by atoms with Crippen molar-refractivity contribution in [3.8, 4) is 5.75 Å². The molecule has 1 heterocycles. The quantitative estimate of drug-likeness (QED) is 0.729. The van der Waals surface area contributed by atoms with Crippen molar-refractivity contribution in [3.63, 3.8) is 0 Å². The van der Waals surface area contributed by atoms with E-state index in [2.05, 4.69) is 0 Å². The van der Waals surface area contributed by atoms with Crippen molar-refractivity contribution in [2.45, 2.75) is 18.2 Å². The standard InChI is InChI=1S/C16H14ClFO/c1-10-8-11(6-7-14(10)18)16(17)13-9-19-15-5-3-2-4-12(13)15/h2-8,13,16H,9H2,1H3. The van der Waals surface area contributed by atoms with E-state index in [9.17, 15) is 4.39 Å². The molecule has 0 fully saturated rings. The molecule has 19 heavy (non-hydrogen) atoms. The van der Waals surface area contributed by atoms with Crippen LogP contribution >= 0.6 is 11.6 Å². The molecule has 0 aliphatic carbocycles. The molecule has 0 spiro atoms. The molecule has 3 heteroatoms. The van der Waals surface area contributed by atoms with E-state index in [-0.39, 0.29) is 17.1 Å². The zero-order valence-electron chi connectivity index (χ0n) is 10.6. The molecule has 1 nitrogen and oxygen atoms in total. The lowest BCUT2D eigenvalue weighted by molar-refractivity contribution is 0.328. The average Bonchev–Trinajstić information content (AvgIpc) is 2.85. The molecule has 0 N–H and O–H groups in total. The summed E-state index contributed by atoms with van der Waals surface area (Å²) in [6, 6.07) is 13.0. The molecule has 2 unspecified atom stereocenters. The minimum atomic E-state index is -0.206. The van der Waals surface area contributed by atoms with Crippen LogP contribution in [0.5, 0.6) is 5.75 Å². The zero-order valence-corrected chi connectivity index (χ0v) is 11.3. The van der Waals surface area contributed by atoms with Crippen LogP contribution in [0.2, 0.25) is 0 Å². The molecule has 0 amide bonds. The van der Waals surface area contributed by atoms with Crippen molar-refractivity contribution >= 4 is 11.6 Å². The van der Waals surface area contributed by atoms with E-state index < -0.39 is 0 Å². The first-order valence-electron chi connectivity index (χ1n) is 6.28. The number of fused-ring (bicyclic) bond motifs is 1. The number of para-hydroxylation sites is 1. The number of rotatable bonds is 2. The fraction of sp³-hybridized carbons (Fsp3) is 0.250. The van der Waals surface area contributed by atoms with Crippen LogP contribution in [0, 0.1) is 12.7 Å². The molecular weight excluding hydrogens is 263 g/mol. The Hall–Kier alpha value is -1.54. The Morgan fingerprint density at radius 1 is 1.26 bits per heavy atom. The molecule has 0 saturated carbocycles. The summed E-state index contributed by atoms with van der Waals surface area (Å²) in [5.41, 5.74) is 2.69. The second-order valence-corrected chi connectivity index (χ2v) is 5.34. The lowest BCUT2D eigenvalue weighted by atomic mass is 9.92. The summed E-state index contributed by atoms with van der Waals surface area (Å²) in [5, 5.41) is -0.206. The summed E-state index contributed by atoms with van der Waals surface area (Å²) in [5.74, 6) is 0.815. The first-order valence-corrected chi connectivity index (χ1v) is 6.72. The van der Waals surface area contributed by atoms with E-state index in [1.807, 2.05) is 30.3 Å². The van der Waals surface area contributed by atoms with Gasteiger partial charge in [-0.3, -0.25) is 0 Å². The predicted molar refractivity (Wildman–Crippen MR) is 74.4 cm³/mol. The lowest BCUT2D eigenvalue weighted by Crippen LogP contribution is -2.08. The number of hydrogen-bond acceptors (Lipinski definition) is 1. The van der Waals surface area contributed by atoms with Crippen LogP contribution in [0.1, 0.15) is 28.0 Å². The molecule has 2 atom stereocenters. The highest BCUT2D eigenvalue weighted by Gasteiger charge is 2.31. The fourth-order valence-electron chi connectivity index (χ4n) is 2.50. The summed E-state index contributed by atoms with van der Waals surface area (Å²) in [7, 11) is 0. The Morgan fingerprint density at radius 2 is 2.05 bits per heavy atom. The maximum Gasteiger partial charge on any atom is 0.126 e. The number of aryl methyl sites for hydroxylation is 1. The number of ether oxygens (including phenoxy) is 1. The number of hydrogen-bond donors (Lipinski definition) is 0. The van der Waals surface area contributed by atoms with E-state index in [1.165, 1.54) is 6.07 Å². The Labute approximate surface area is 117 Å². The van der Waals surface area contributed by atoms with E-state index in [0.29, 0.717) is 12.2 Å². The molecule has 0 bridgehead atoms. The van der Waals surface area contributed by atoms with Gasteiger partial charge in [-0.25, -0.2) is 4.39 Å². The third-order valence-electron chi connectivity index (χ3n) is 3.59. The van der Waals surface area contributed by atoms with Gasteiger partial charge in [0.15, 0.2) is 0 Å². The molecule has 3 rings (SSSR count). The van der Waals surface area contributed by atoms with Crippen LogP contribution in [0.15, 0.2) is 42.5 Å². The summed E-state index contributed by atoms with van der Waals surface area (Å²) >= 11 is 6.56. The average molecular weight is 277 g/mol. The van der Waals surface area contributed by atoms with Gasteiger partial charge < -0.3 is 4.74 Å². The van der Waals surface area contributed by atoms with Crippen molar-refractivity contribution in [1.29, 1.82) is 0 Å². The SMILES string of the molecule is Cc1cc(C(Cl)C2COc3ccccc32)ccc1F. The van der Waals surface area contributed by atoms with Gasteiger partial charge in [0, 0.05) is 11.5 Å². The molecule has 0 radical (unpaired) electrons. The van der Waals surface area contributed by atoms with E-state index in [4.69, 9.17) is 16.3 Å². The topological polar surface area (TPSA) is 9.23 Å². The zero-order chi connectivity index (χ0) is 13.4. The smallest absolute Gasteiger partial charge is 0.126 e. The Balaban J connectivity index is 1.93. The Bertz CT molecular complexity index is 611. The number of halogens is 2. The van der Waals surface area contributed by atoms with Crippen molar-refractivity contribution in [1.82, 2.24) is 0 Å². The molecule has 2 aromatic rings. The minimum absolute atomic E-state index is 0.114. The Morgan fingerprint density at radius 3 is 2.84 bits per heavy atom. The molecular formula is C16H14ClFO. The van der Waals surface area contributed by atoms with Crippen LogP contribution < -0.4 is 4.74 Å². The molecule has 2 aromatic carbocycles.